The Hall–Kier alpha value is -4.29. The average Bonchev–Trinajstić information content (AvgIpc) is 3.54. The number of hydrogen-bond acceptors (Lipinski definition) is 6. The Morgan fingerprint density at radius 1 is 0.922 bits per heavy atom. The second kappa shape index (κ2) is 18.3. The molecule has 8 heteroatoms. The quantitative estimate of drug-likeness (QED) is 0.0900. The van der Waals surface area contributed by atoms with Gasteiger partial charge in [0.1, 0.15) is 12.5 Å². The van der Waals surface area contributed by atoms with E-state index in [-0.39, 0.29) is 7.70 Å². The lowest BCUT2D eigenvalue weighted by Gasteiger charge is -2.30. The van der Waals surface area contributed by atoms with Crippen LogP contribution in [0.3, 0.4) is 0 Å². The van der Waals surface area contributed by atoms with Gasteiger partial charge in [-0.2, -0.15) is 5.10 Å². The molecule has 1 aromatic heterocycles. The maximum Gasteiger partial charge on any atom is 0.174 e. The molecule has 51 heavy (non-hydrogen) atoms. The molecule has 0 N–H and O–H groups in total. The highest BCUT2D eigenvalue weighted by molar-refractivity contribution is 7.52. The minimum absolute atomic E-state index is 0.285. The third-order valence-electron chi connectivity index (χ3n) is 9.92. The van der Waals surface area contributed by atoms with Crippen LogP contribution in [0.15, 0.2) is 102 Å². The van der Waals surface area contributed by atoms with E-state index in [1.807, 2.05) is 17.0 Å². The first kappa shape index (κ1) is 38.0. The van der Waals surface area contributed by atoms with E-state index < -0.39 is 0 Å². The van der Waals surface area contributed by atoms with Crippen LogP contribution in [0.1, 0.15) is 66.8 Å². The number of nitrogens with zero attached hydrogens (tertiary/aromatic N) is 7. The molecule has 3 heterocycles. The zero-order chi connectivity index (χ0) is 36.3. The fraction of sp³-hybridized carbons (Fsp3) is 0.372. The number of likely N-dealkylation sites (tertiary alicyclic amines) is 1. The number of benzene rings is 2. The highest BCUT2D eigenvalue weighted by Gasteiger charge is 2.24. The van der Waals surface area contributed by atoms with E-state index >= 15 is 0 Å². The van der Waals surface area contributed by atoms with Crippen molar-refractivity contribution in [2.75, 3.05) is 45.9 Å². The highest BCUT2D eigenvalue weighted by atomic mass is 31.1. The monoisotopic (exact) mass is 702 g/mol. The summed E-state index contributed by atoms with van der Waals surface area (Å²) in [6.07, 6.45) is 16.0. The molecule has 2 fully saturated rings. The van der Waals surface area contributed by atoms with Crippen molar-refractivity contribution in [3.63, 3.8) is 0 Å². The van der Waals surface area contributed by atoms with Crippen molar-refractivity contribution in [2.45, 2.75) is 59.7 Å². The molecule has 268 valence electrons. The maximum atomic E-state index is 5.15. The van der Waals surface area contributed by atoms with Crippen LogP contribution in [0.5, 0.6) is 0 Å². The Labute approximate surface area is 308 Å². The van der Waals surface area contributed by atoms with Crippen LogP contribution in [0.25, 0.3) is 18.0 Å². The number of piperazine rings is 1. The molecule has 3 aromatic rings. The summed E-state index contributed by atoms with van der Waals surface area (Å²) in [5.74, 6) is 0.714. The molecule has 2 aliphatic rings. The Balaban J connectivity index is 1.36. The topological polar surface area (TPSA) is 43.1 Å². The molecule has 0 aliphatic carbocycles. The van der Waals surface area contributed by atoms with Crippen LogP contribution in [-0.2, 0) is 19.6 Å². The van der Waals surface area contributed by atoms with Gasteiger partial charge >= 0.3 is 0 Å². The summed E-state index contributed by atoms with van der Waals surface area (Å²) in [6, 6.07) is 19.4. The van der Waals surface area contributed by atoms with E-state index in [0.29, 0.717) is 18.9 Å². The Morgan fingerprint density at radius 2 is 1.55 bits per heavy atom. The van der Waals surface area contributed by atoms with Gasteiger partial charge < -0.3 is 9.80 Å². The van der Waals surface area contributed by atoms with E-state index in [9.17, 15) is 0 Å². The first-order valence-corrected chi connectivity index (χ1v) is 20.2. The van der Waals surface area contributed by atoms with Crippen LogP contribution in [0.4, 0.5) is 0 Å². The third kappa shape index (κ3) is 10.6. The molecule has 2 aromatic carbocycles. The van der Waals surface area contributed by atoms with Gasteiger partial charge in [-0.1, -0.05) is 86.0 Å². The van der Waals surface area contributed by atoms with Gasteiger partial charge in [0.15, 0.2) is 7.70 Å². The van der Waals surface area contributed by atoms with Gasteiger partial charge in [0.05, 0.1) is 36.5 Å². The van der Waals surface area contributed by atoms with Gasteiger partial charge in [0, 0.05) is 58.2 Å². The zero-order valence-corrected chi connectivity index (χ0v) is 32.3. The largest absolute Gasteiger partial charge is 0.370 e. The summed E-state index contributed by atoms with van der Waals surface area (Å²) < 4.78 is 4.55. The average molecular weight is 703 g/mol. The Morgan fingerprint density at radius 3 is 2.14 bits per heavy atom. The number of aryl methyl sites for hydroxylation is 1. The molecular weight excluding hydrogens is 645 g/mol. The van der Waals surface area contributed by atoms with E-state index in [2.05, 4.69) is 140 Å². The number of aromatic nitrogens is 2. The smallest absolute Gasteiger partial charge is 0.174 e. The molecule has 1 unspecified atom stereocenters. The van der Waals surface area contributed by atoms with E-state index in [4.69, 9.17) is 10.1 Å². The molecule has 2 aliphatic heterocycles. The highest BCUT2D eigenvalue weighted by Crippen LogP contribution is 2.27. The summed E-state index contributed by atoms with van der Waals surface area (Å²) in [7, 11) is -0.285. The molecule has 5 rings (SSSR count). The maximum absolute atomic E-state index is 5.15. The third-order valence-corrected chi connectivity index (χ3v) is 11.3. The number of aliphatic imine (C=N–C) groups is 1. The van der Waals surface area contributed by atoms with Gasteiger partial charge in [-0.15, -0.1) is 4.67 Å². The molecular formula is C43H57N7P+. The van der Waals surface area contributed by atoms with E-state index in [1.54, 1.807) is 0 Å². The second-order valence-corrected chi connectivity index (χ2v) is 15.7. The number of rotatable bonds is 15. The summed E-state index contributed by atoms with van der Waals surface area (Å²) in [4.78, 5) is 12.1. The van der Waals surface area contributed by atoms with Crippen molar-refractivity contribution in [3.05, 3.63) is 131 Å². The van der Waals surface area contributed by atoms with Gasteiger partial charge in [0.25, 0.3) is 0 Å². The van der Waals surface area contributed by atoms with Crippen molar-refractivity contribution < 1.29 is 0 Å². The SMILES string of the molecule is C=Cc1ccc(CN(Cc2ccc(C)cc2)C(=C)N=CC(=C\C)/C(C)=C/n2nc(CN3CCN([P+](=C)C)CC3)cc2C(=C)N2CCCCC2)cc1. The van der Waals surface area contributed by atoms with Crippen molar-refractivity contribution in [1.29, 1.82) is 0 Å². The number of piperidine rings is 1. The minimum atomic E-state index is -0.285. The van der Waals surface area contributed by atoms with Crippen molar-refractivity contribution in [3.8, 4) is 0 Å². The normalized spacial score (nSPS) is 16.8. The summed E-state index contributed by atoms with van der Waals surface area (Å²) in [6.45, 7) is 30.0. The van der Waals surface area contributed by atoms with Gasteiger partial charge in [0.2, 0.25) is 0 Å². The Bertz CT molecular complexity index is 1760. The summed E-state index contributed by atoms with van der Waals surface area (Å²) in [5.41, 5.74) is 10.0. The predicted octanol–water partition coefficient (Wildman–Crippen LogP) is 8.92. The Kier molecular flexibility index (Phi) is 13.6. The lowest BCUT2D eigenvalue weighted by Crippen LogP contribution is -2.42. The van der Waals surface area contributed by atoms with Crippen LogP contribution in [0.2, 0.25) is 0 Å². The molecule has 0 saturated carbocycles. The number of hydrogen-bond donors (Lipinski definition) is 0. The summed E-state index contributed by atoms with van der Waals surface area (Å²) >= 11 is 0. The molecule has 0 radical (unpaired) electrons. The fourth-order valence-electron chi connectivity index (χ4n) is 6.65. The van der Waals surface area contributed by atoms with Crippen molar-refractivity contribution in [2.24, 2.45) is 4.99 Å². The molecule has 0 bridgehead atoms. The lowest BCUT2D eigenvalue weighted by molar-refractivity contribution is 0.185. The second-order valence-electron chi connectivity index (χ2n) is 13.9. The molecule has 7 nitrogen and oxygen atoms in total. The predicted molar refractivity (Wildman–Crippen MR) is 222 cm³/mol. The first-order valence-electron chi connectivity index (χ1n) is 18.3. The molecule has 0 amide bonds. The van der Waals surface area contributed by atoms with Crippen LogP contribution in [0, 0.1) is 6.92 Å². The zero-order valence-electron chi connectivity index (χ0n) is 31.4. The first-order chi connectivity index (χ1) is 24.6. The van der Waals surface area contributed by atoms with Gasteiger partial charge in [-0.3, -0.25) is 4.90 Å². The standard InChI is InChI=1S/C43H57N7P/c1-9-38-18-20-40(21-19-38)32-48(31-39-16-14-34(3)15-17-39)37(6)44-29-41(10-2)35(4)30-50-43(36(5)47-22-12-11-13-23-47)28-42(45-50)33-46-24-26-49(27-25-46)51(7)8/h9-10,14-21,28-30H,1,5-7,11-13,22-27,31-33H2,2-4,8H3/q+1/b35-30+,41-10+,44-29?. The molecule has 2 saturated heterocycles. The van der Waals surface area contributed by atoms with Gasteiger partial charge in [-0.05, 0) is 73.9 Å². The minimum Gasteiger partial charge on any atom is -0.370 e. The number of allylic oxidation sites excluding steroid dienone is 3. The van der Waals surface area contributed by atoms with Crippen LogP contribution in [-0.4, -0.2) is 87.6 Å². The molecule has 1 atom stereocenters. The lowest BCUT2D eigenvalue weighted by atomic mass is 10.1. The van der Waals surface area contributed by atoms with Crippen LogP contribution < -0.4 is 0 Å². The van der Waals surface area contributed by atoms with Crippen molar-refractivity contribution >= 4 is 38.2 Å². The van der Waals surface area contributed by atoms with E-state index in [0.717, 1.165) is 79.6 Å². The summed E-state index contributed by atoms with van der Waals surface area (Å²) in [5, 5.41) is 5.15. The van der Waals surface area contributed by atoms with Crippen LogP contribution >= 0.6 is 7.70 Å². The van der Waals surface area contributed by atoms with E-state index in [1.165, 1.54) is 36.0 Å². The van der Waals surface area contributed by atoms with Gasteiger partial charge in [-0.25, -0.2) is 9.67 Å². The molecule has 0 spiro atoms. The van der Waals surface area contributed by atoms with Crippen molar-refractivity contribution in [1.82, 2.24) is 29.2 Å². The fourth-order valence-corrected chi connectivity index (χ4v) is 7.51.